The van der Waals surface area contributed by atoms with Crippen LogP contribution in [0.1, 0.15) is 17.1 Å². The number of guanidine groups is 1. The summed E-state index contributed by atoms with van der Waals surface area (Å²) in [5.41, 5.74) is 0.986. The second-order valence-electron chi connectivity index (χ2n) is 6.15. The number of rotatable bonds is 5. The molecule has 5 nitrogen and oxygen atoms in total. The molecule has 0 aliphatic carbocycles. The van der Waals surface area contributed by atoms with Crippen LogP contribution >= 0.6 is 11.3 Å². The van der Waals surface area contributed by atoms with Crippen LogP contribution in [0.2, 0.25) is 0 Å². The van der Waals surface area contributed by atoms with E-state index in [-0.39, 0.29) is 5.92 Å². The summed E-state index contributed by atoms with van der Waals surface area (Å²) >= 11 is 1.61. The maximum absolute atomic E-state index is 12.4. The Morgan fingerprint density at radius 3 is 2.88 bits per heavy atom. The van der Waals surface area contributed by atoms with Crippen molar-refractivity contribution in [2.75, 3.05) is 40.3 Å². The minimum Gasteiger partial charge on any atom is -0.356 e. The number of aromatic nitrogens is 1. The summed E-state index contributed by atoms with van der Waals surface area (Å²) in [4.78, 5) is 12.1. The molecule has 24 heavy (non-hydrogen) atoms. The van der Waals surface area contributed by atoms with Crippen molar-refractivity contribution in [1.29, 1.82) is 0 Å². The molecule has 0 amide bonds. The summed E-state index contributed by atoms with van der Waals surface area (Å²) in [5, 5.41) is 6.31. The number of nitrogens with one attached hydrogen (secondary N) is 1. The van der Waals surface area contributed by atoms with Gasteiger partial charge in [0.25, 0.3) is 0 Å². The van der Waals surface area contributed by atoms with Gasteiger partial charge in [0, 0.05) is 32.6 Å². The van der Waals surface area contributed by atoms with Crippen LogP contribution in [0.5, 0.6) is 0 Å². The van der Waals surface area contributed by atoms with E-state index in [2.05, 4.69) is 15.3 Å². The van der Waals surface area contributed by atoms with Gasteiger partial charge in [-0.1, -0.05) is 0 Å². The van der Waals surface area contributed by atoms with Crippen LogP contribution in [-0.2, 0) is 6.54 Å². The van der Waals surface area contributed by atoms with Gasteiger partial charge < -0.3 is 10.2 Å². The molecule has 1 aliphatic heterocycles. The number of likely N-dealkylation sites (tertiary alicyclic amines) is 1. The van der Waals surface area contributed by atoms with Gasteiger partial charge in [-0.2, -0.15) is 13.2 Å². The maximum Gasteiger partial charge on any atom is 0.401 e. The smallest absolute Gasteiger partial charge is 0.356 e. The van der Waals surface area contributed by atoms with Crippen molar-refractivity contribution in [2.24, 2.45) is 10.9 Å². The van der Waals surface area contributed by atoms with E-state index in [0.29, 0.717) is 26.2 Å². The SMILES string of the molecule is CN=C(NCC1CCN(CC(F)(F)F)C1)N(C)Cc1csc(C)n1. The molecule has 0 radical (unpaired) electrons. The Bertz CT molecular complexity index is 558. The molecule has 1 aliphatic rings. The van der Waals surface area contributed by atoms with Crippen molar-refractivity contribution in [3.63, 3.8) is 0 Å². The monoisotopic (exact) mass is 363 g/mol. The number of thiazole rings is 1. The molecule has 9 heteroatoms. The van der Waals surface area contributed by atoms with Gasteiger partial charge >= 0.3 is 6.18 Å². The van der Waals surface area contributed by atoms with Crippen LogP contribution in [0.15, 0.2) is 10.4 Å². The lowest BCUT2D eigenvalue weighted by Gasteiger charge is -2.23. The zero-order chi connectivity index (χ0) is 17.7. The Balaban J connectivity index is 1.77. The van der Waals surface area contributed by atoms with Crippen molar-refractivity contribution in [2.45, 2.75) is 26.1 Å². The second-order valence-corrected chi connectivity index (χ2v) is 7.21. The van der Waals surface area contributed by atoms with Crippen LogP contribution in [0.4, 0.5) is 13.2 Å². The minimum absolute atomic E-state index is 0.207. The number of hydrogen-bond donors (Lipinski definition) is 1. The number of hydrogen-bond acceptors (Lipinski definition) is 4. The third-order valence-corrected chi connectivity index (χ3v) is 4.78. The molecule has 0 aromatic carbocycles. The first kappa shape index (κ1) is 19.0. The largest absolute Gasteiger partial charge is 0.401 e. The summed E-state index contributed by atoms with van der Waals surface area (Å²) in [6, 6.07) is 0. The van der Waals surface area contributed by atoms with E-state index in [9.17, 15) is 13.2 Å². The van der Waals surface area contributed by atoms with Gasteiger partial charge in [0.05, 0.1) is 23.8 Å². The predicted octanol–water partition coefficient (Wildman–Crippen LogP) is 2.34. The molecule has 2 rings (SSSR count). The van der Waals surface area contributed by atoms with Gasteiger partial charge in [0.2, 0.25) is 0 Å². The van der Waals surface area contributed by atoms with Crippen LogP contribution in [0.25, 0.3) is 0 Å². The van der Waals surface area contributed by atoms with Crippen molar-refractivity contribution in [1.82, 2.24) is 20.1 Å². The van der Waals surface area contributed by atoms with Gasteiger partial charge in [0.1, 0.15) is 0 Å². The van der Waals surface area contributed by atoms with Gasteiger partial charge in [-0.25, -0.2) is 4.98 Å². The second kappa shape index (κ2) is 8.15. The van der Waals surface area contributed by atoms with Gasteiger partial charge in [-0.05, 0) is 25.8 Å². The van der Waals surface area contributed by atoms with Crippen molar-refractivity contribution < 1.29 is 13.2 Å². The Morgan fingerprint density at radius 1 is 1.54 bits per heavy atom. The summed E-state index contributed by atoms with van der Waals surface area (Å²) in [7, 11) is 3.63. The molecule has 2 heterocycles. The highest BCUT2D eigenvalue weighted by Crippen LogP contribution is 2.22. The first-order valence-corrected chi connectivity index (χ1v) is 8.76. The maximum atomic E-state index is 12.4. The molecule has 1 aromatic rings. The predicted molar refractivity (Wildman–Crippen MR) is 90.3 cm³/mol. The fourth-order valence-corrected chi connectivity index (χ4v) is 3.50. The molecule has 1 unspecified atom stereocenters. The third kappa shape index (κ3) is 5.94. The Labute approximate surface area is 144 Å². The topological polar surface area (TPSA) is 43.8 Å². The lowest BCUT2D eigenvalue weighted by atomic mass is 10.1. The third-order valence-electron chi connectivity index (χ3n) is 3.96. The molecule has 0 saturated carbocycles. The zero-order valence-electron chi connectivity index (χ0n) is 14.2. The molecule has 1 aromatic heterocycles. The summed E-state index contributed by atoms with van der Waals surface area (Å²) in [5.74, 6) is 0.939. The van der Waals surface area contributed by atoms with E-state index in [0.717, 1.165) is 23.1 Å². The highest BCUT2D eigenvalue weighted by atomic mass is 32.1. The quantitative estimate of drug-likeness (QED) is 0.644. The van der Waals surface area contributed by atoms with Gasteiger partial charge in [0.15, 0.2) is 5.96 Å². The number of alkyl halides is 3. The van der Waals surface area contributed by atoms with E-state index < -0.39 is 12.7 Å². The van der Waals surface area contributed by atoms with Crippen molar-refractivity contribution >= 4 is 17.3 Å². The van der Waals surface area contributed by atoms with Crippen LogP contribution in [0, 0.1) is 12.8 Å². The van der Waals surface area contributed by atoms with E-state index in [1.165, 1.54) is 4.90 Å². The average molecular weight is 363 g/mol. The zero-order valence-corrected chi connectivity index (χ0v) is 15.0. The summed E-state index contributed by atoms with van der Waals surface area (Å²) < 4.78 is 37.3. The molecule has 136 valence electrons. The molecular formula is C15H24F3N5S. The van der Waals surface area contributed by atoms with E-state index in [4.69, 9.17) is 0 Å². The molecular weight excluding hydrogens is 339 g/mol. The van der Waals surface area contributed by atoms with Crippen LogP contribution in [0.3, 0.4) is 0 Å². The normalized spacial score (nSPS) is 19.8. The van der Waals surface area contributed by atoms with E-state index >= 15 is 0 Å². The van der Waals surface area contributed by atoms with E-state index in [1.54, 1.807) is 18.4 Å². The van der Waals surface area contributed by atoms with Gasteiger partial charge in [-0.15, -0.1) is 11.3 Å². The molecule has 1 N–H and O–H groups in total. The first-order valence-electron chi connectivity index (χ1n) is 7.88. The van der Waals surface area contributed by atoms with Gasteiger partial charge in [-0.3, -0.25) is 9.89 Å². The highest BCUT2D eigenvalue weighted by Gasteiger charge is 2.34. The highest BCUT2D eigenvalue weighted by molar-refractivity contribution is 7.09. The summed E-state index contributed by atoms with van der Waals surface area (Å²) in [6.07, 6.45) is -3.35. The molecule has 0 spiro atoms. The molecule has 1 atom stereocenters. The summed E-state index contributed by atoms with van der Waals surface area (Å²) in [6.45, 7) is 3.39. The van der Waals surface area contributed by atoms with Crippen molar-refractivity contribution in [3.05, 3.63) is 16.1 Å². The van der Waals surface area contributed by atoms with E-state index in [1.807, 2.05) is 24.3 Å². The Kier molecular flexibility index (Phi) is 6.45. The number of halogens is 3. The first-order chi connectivity index (χ1) is 11.3. The fraction of sp³-hybridized carbons (Fsp3) is 0.733. The molecule has 1 fully saturated rings. The number of nitrogens with zero attached hydrogens (tertiary/aromatic N) is 4. The Hall–Kier alpha value is -1.35. The Morgan fingerprint density at radius 2 is 2.29 bits per heavy atom. The molecule has 0 bridgehead atoms. The fourth-order valence-electron chi connectivity index (χ4n) is 2.90. The van der Waals surface area contributed by atoms with Crippen LogP contribution < -0.4 is 5.32 Å². The van der Waals surface area contributed by atoms with Crippen LogP contribution in [-0.4, -0.2) is 67.2 Å². The lowest BCUT2D eigenvalue weighted by Crippen LogP contribution is -2.41. The molecule has 1 saturated heterocycles. The minimum atomic E-state index is -4.12. The standard InChI is InChI=1S/C15H24F3N5S/c1-11-21-13(9-24-11)8-22(3)14(19-2)20-6-12-4-5-23(7-12)10-15(16,17)18/h9,12H,4-8,10H2,1-3H3,(H,19,20). The average Bonchev–Trinajstić information content (AvgIpc) is 3.07. The lowest BCUT2D eigenvalue weighted by molar-refractivity contribution is -0.143. The number of aliphatic imine (C=N–C) groups is 1. The number of aryl methyl sites for hydroxylation is 1. The van der Waals surface area contributed by atoms with Crippen molar-refractivity contribution in [3.8, 4) is 0 Å².